The number of fused-ring (bicyclic) bond motifs is 2. The van der Waals surface area contributed by atoms with Gasteiger partial charge in [0.1, 0.15) is 17.7 Å². The highest BCUT2D eigenvalue weighted by molar-refractivity contribution is 9.09. The molecule has 6 rings (SSSR count). The molecule has 2 bridgehead atoms. The van der Waals surface area contributed by atoms with Crippen molar-refractivity contribution in [3.05, 3.63) is 104 Å². The SMILES string of the molecule is C=CCCC(=O)NC[C@@H](OC(=O)[C@@H]1[C@H]2O[C@@]3(CC2Br)[C@H](C(=O)N(CC=C)c2ccc4ccccc4c2)N(CCCCCCO)C(=O)[C@@H]13)c1ccccc1. The van der Waals surface area contributed by atoms with Gasteiger partial charge in [0.15, 0.2) is 0 Å². The summed E-state index contributed by atoms with van der Waals surface area (Å²) in [5.41, 5.74) is 0.0903. The number of unbranched alkanes of at least 4 members (excludes halogenated alkanes) is 3. The molecule has 3 aliphatic heterocycles. The molecule has 10 nitrogen and oxygen atoms in total. The lowest BCUT2D eigenvalue weighted by molar-refractivity contribution is -0.160. The molecule has 3 fully saturated rings. The minimum absolute atomic E-state index is 0.0504. The number of hydrogen-bond donors (Lipinski definition) is 2. The quantitative estimate of drug-likeness (QED) is 0.0699. The third-order valence-corrected chi connectivity index (χ3v) is 11.6. The van der Waals surface area contributed by atoms with Crippen LogP contribution >= 0.6 is 15.9 Å². The highest BCUT2D eigenvalue weighted by atomic mass is 79.9. The van der Waals surface area contributed by atoms with E-state index in [1.165, 1.54) is 0 Å². The number of aliphatic hydroxyl groups is 1. The van der Waals surface area contributed by atoms with E-state index in [9.17, 15) is 19.5 Å². The van der Waals surface area contributed by atoms with Crippen molar-refractivity contribution in [2.75, 3.05) is 31.1 Å². The van der Waals surface area contributed by atoms with Gasteiger partial charge in [-0.1, -0.05) is 102 Å². The monoisotopic (exact) mass is 785 g/mol. The summed E-state index contributed by atoms with van der Waals surface area (Å²) in [6.07, 6.45) is 5.77. The highest BCUT2D eigenvalue weighted by Gasteiger charge is 2.77. The standard InChI is InChI=1S/C42H48BrN3O7/c1-3-5-19-34(48)44-27-33(29-16-9-8-10-17-29)52-41(51)35-36-39(49)46(23-13-6-7-14-24-47)38(42(36)26-32(43)37(35)53-42)40(50)45(22-4-2)31-21-20-28-15-11-12-18-30(28)25-31/h3-4,8-12,15-18,20-21,25,32-33,35-38,47H,1-2,5-7,13-14,19,22-24,26-27H2,(H,44,48)/t32?,33-,35+,36-,37+,38+,42-/m1/s1. The number of likely N-dealkylation sites (tertiary alicyclic amines) is 1. The van der Waals surface area contributed by atoms with Gasteiger partial charge in [-0.15, -0.1) is 13.2 Å². The fourth-order valence-corrected chi connectivity index (χ4v) is 9.19. The summed E-state index contributed by atoms with van der Waals surface area (Å²) in [5.74, 6) is -3.33. The molecule has 0 radical (unpaired) electrons. The van der Waals surface area contributed by atoms with Crippen molar-refractivity contribution < 1.29 is 33.8 Å². The zero-order valence-electron chi connectivity index (χ0n) is 29.9. The Labute approximate surface area is 319 Å². The minimum Gasteiger partial charge on any atom is -0.455 e. The number of hydrogen-bond acceptors (Lipinski definition) is 7. The number of esters is 1. The fourth-order valence-electron chi connectivity index (χ4n) is 8.25. The molecule has 1 unspecified atom stereocenters. The van der Waals surface area contributed by atoms with E-state index < -0.39 is 41.7 Å². The van der Waals surface area contributed by atoms with Gasteiger partial charge in [-0.05, 0) is 54.2 Å². The highest BCUT2D eigenvalue weighted by Crippen LogP contribution is 2.60. The maximum Gasteiger partial charge on any atom is 0.313 e. The number of amides is 3. The van der Waals surface area contributed by atoms with Crippen molar-refractivity contribution in [2.45, 2.75) is 73.6 Å². The number of carbonyl (C=O) groups excluding carboxylic acids is 4. The number of halogens is 1. The minimum atomic E-state index is -1.28. The molecular formula is C42H48BrN3O7. The number of aliphatic hydroxyl groups excluding tert-OH is 1. The van der Waals surface area contributed by atoms with Gasteiger partial charge in [0.05, 0.1) is 24.5 Å². The van der Waals surface area contributed by atoms with Crippen LogP contribution in [0.5, 0.6) is 0 Å². The van der Waals surface area contributed by atoms with Crippen molar-refractivity contribution in [1.29, 1.82) is 0 Å². The molecule has 7 atom stereocenters. The number of benzene rings is 3. The summed E-state index contributed by atoms with van der Waals surface area (Å²) in [6.45, 7) is 8.25. The van der Waals surface area contributed by atoms with Crippen LogP contribution in [0.15, 0.2) is 98.1 Å². The van der Waals surface area contributed by atoms with Gasteiger partial charge < -0.3 is 29.7 Å². The van der Waals surface area contributed by atoms with Crippen LogP contribution < -0.4 is 10.2 Å². The number of nitrogens with zero attached hydrogens (tertiary/aromatic N) is 2. The smallest absolute Gasteiger partial charge is 0.313 e. The predicted octanol–water partition coefficient (Wildman–Crippen LogP) is 6.03. The van der Waals surface area contributed by atoms with Crippen molar-refractivity contribution >= 4 is 56.1 Å². The fraction of sp³-hybridized carbons (Fsp3) is 0.429. The molecule has 53 heavy (non-hydrogen) atoms. The summed E-state index contributed by atoms with van der Waals surface area (Å²) < 4.78 is 13.0. The van der Waals surface area contributed by atoms with Gasteiger partial charge in [-0.3, -0.25) is 19.2 Å². The summed E-state index contributed by atoms with van der Waals surface area (Å²) in [4.78, 5) is 59.7. The third-order valence-electron chi connectivity index (χ3n) is 10.7. The average molecular weight is 787 g/mol. The first-order valence-electron chi connectivity index (χ1n) is 18.5. The van der Waals surface area contributed by atoms with E-state index in [0.717, 1.165) is 23.6 Å². The molecule has 1 spiro atoms. The second-order valence-corrected chi connectivity index (χ2v) is 15.2. The molecule has 3 aromatic rings. The van der Waals surface area contributed by atoms with Crippen molar-refractivity contribution in [1.82, 2.24) is 10.2 Å². The van der Waals surface area contributed by atoms with Crippen molar-refractivity contribution in [3.8, 4) is 0 Å². The van der Waals surface area contributed by atoms with Gasteiger partial charge >= 0.3 is 5.97 Å². The molecule has 3 aliphatic rings. The number of nitrogens with one attached hydrogen (secondary N) is 1. The Morgan fingerprint density at radius 3 is 2.49 bits per heavy atom. The molecule has 11 heteroatoms. The van der Waals surface area contributed by atoms with E-state index in [1.807, 2.05) is 72.8 Å². The number of allylic oxidation sites excluding steroid dienone is 1. The first-order valence-corrected chi connectivity index (χ1v) is 19.4. The lowest BCUT2D eigenvalue weighted by Crippen LogP contribution is -2.57. The van der Waals surface area contributed by atoms with E-state index in [-0.39, 0.29) is 48.7 Å². The first kappa shape index (κ1) is 38.4. The second-order valence-electron chi connectivity index (χ2n) is 14.1. The van der Waals surface area contributed by atoms with Gasteiger partial charge in [0.25, 0.3) is 5.91 Å². The Hall–Kier alpha value is -4.32. The zero-order chi connectivity index (χ0) is 37.5. The molecule has 2 N–H and O–H groups in total. The van der Waals surface area contributed by atoms with E-state index in [2.05, 4.69) is 34.4 Å². The maximum absolute atomic E-state index is 15.1. The molecule has 3 aromatic carbocycles. The third kappa shape index (κ3) is 7.84. The maximum atomic E-state index is 15.1. The van der Waals surface area contributed by atoms with Crippen molar-refractivity contribution in [2.24, 2.45) is 11.8 Å². The molecule has 280 valence electrons. The van der Waals surface area contributed by atoms with Crippen LogP contribution in [0.3, 0.4) is 0 Å². The van der Waals surface area contributed by atoms with Crippen LogP contribution in [0.25, 0.3) is 10.8 Å². The summed E-state index contributed by atoms with van der Waals surface area (Å²) in [6, 6.07) is 21.9. The van der Waals surface area contributed by atoms with Gasteiger partial charge in [-0.25, -0.2) is 0 Å². The zero-order valence-corrected chi connectivity index (χ0v) is 31.5. The Morgan fingerprint density at radius 1 is 1.02 bits per heavy atom. The average Bonchev–Trinajstić information content (AvgIpc) is 3.77. The molecule has 3 saturated heterocycles. The normalized spacial score (nSPS) is 24.8. The molecule has 3 amide bonds. The van der Waals surface area contributed by atoms with Gasteiger partial charge in [-0.2, -0.15) is 0 Å². The summed E-state index contributed by atoms with van der Waals surface area (Å²) >= 11 is 3.77. The Morgan fingerprint density at radius 2 is 1.75 bits per heavy atom. The molecular weight excluding hydrogens is 738 g/mol. The largest absolute Gasteiger partial charge is 0.455 e. The van der Waals surface area contributed by atoms with Crippen molar-refractivity contribution in [3.63, 3.8) is 0 Å². The van der Waals surface area contributed by atoms with Crippen LogP contribution in [0, 0.1) is 11.8 Å². The van der Waals surface area contributed by atoms with Gasteiger partial charge in [0, 0.05) is 36.6 Å². The van der Waals surface area contributed by atoms with Crippen LogP contribution in [0.1, 0.15) is 56.6 Å². The predicted molar refractivity (Wildman–Crippen MR) is 207 cm³/mol. The first-order chi connectivity index (χ1) is 25.7. The van der Waals surface area contributed by atoms with Gasteiger partial charge in [0.2, 0.25) is 11.8 Å². The molecule has 0 saturated carbocycles. The number of anilines is 1. The van der Waals surface area contributed by atoms with E-state index >= 15 is 4.79 Å². The lowest BCUT2D eigenvalue weighted by Gasteiger charge is -2.37. The van der Waals surface area contributed by atoms with Crippen LogP contribution in [0.4, 0.5) is 5.69 Å². The lowest BCUT2D eigenvalue weighted by atomic mass is 9.70. The Balaban J connectivity index is 1.33. The van der Waals surface area contributed by atoms with E-state index in [4.69, 9.17) is 9.47 Å². The number of ether oxygens (including phenoxy) is 2. The Bertz CT molecular complexity index is 1820. The number of alkyl halides is 1. The van der Waals surface area contributed by atoms with Crippen LogP contribution in [0.2, 0.25) is 0 Å². The number of carbonyl (C=O) groups is 4. The summed E-state index contributed by atoms with van der Waals surface area (Å²) in [7, 11) is 0. The summed E-state index contributed by atoms with van der Waals surface area (Å²) in [5, 5.41) is 14.2. The van der Waals surface area contributed by atoms with Crippen LogP contribution in [-0.2, 0) is 28.7 Å². The number of rotatable bonds is 18. The van der Waals surface area contributed by atoms with E-state index in [0.29, 0.717) is 43.5 Å². The second kappa shape index (κ2) is 17.2. The van der Waals surface area contributed by atoms with Crippen LogP contribution in [-0.4, -0.2) is 82.5 Å². The Kier molecular flexibility index (Phi) is 12.5. The molecule has 0 aliphatic carbocycles. The topological polar surface area (TPSA) is 125 Å². The van der Waals surface area contributed by atoms with E-state index in [1.54, 1.807) is 22.0 Å². The molecule has 0 aromatic heterocycles. The molecule has 3 heterocycles.